The van der Waals surface area contributed by atoms with Crippen molar-refractivity contribution in [2.75, 3.05) is 25.6 Å². The van der Waals surface area contributed by atoms with E-state index in [-0.39, 0.29) is 0 Å². The fourth-order valence-corrected chi connectivity index (χ4v) is 2.56. The molecule has 1 aromatic heterocycles. The molecule has 0 unspecified atom stereocenters. The van der Waals surface area contributed by atoms with Crippen molar-refractivity contribution < 1.29 is 9.47 Å². The molecule has 0 saturated carbocycles. The first kappa shape index (κ1) is 13.7. The van der Waals surface area contributed by atoms with Crippen molar-refractivity contribution in [2.24, 2.45) is 0 Å². The van der Waals surface area contributed by atoms with Crippen LogP contribution in [0.15, 0.2) is 24.5 Å². The Kier molecular flexibility index (Phi) is 3.64. The summed E-state index contributed by atoms with van der Waals surface area (Å²) in [4.78, 5) is 8.79. The van der Waals surface area contributed by atoms with Crippen LogP contribution >= 0.6 is 0 Å². The molecule has 0 amide bonds. The van der Waals surface area contributed by atoms with Crippen molar-refractivity contribution in [3.63, 3.8) is 0 Å². The zero-order valence-electron chi connectivity index (χ0n) is 12.5. The third kappa shape index (κ3) is 2.51. The summed E-state index contributed by atoms with van der Waals surface area (Å²) >= 11 is 0. The van der Waals surface area contributed by atoms with Crippen LogP contribution < -0.4 is 14.8 Å². The molecule has 0 radical (unpaired) electrons. The van der Waals surface area contributed by atoms with Gasteiger partial charge in [-0.05, 0) is 24.1 Å². The van der Waals surface area contributed by atoms with Gasteiger partial charge in [0.25, 0.3) is 0 Å². The van der Waals surface area contributed by atoms with Gasteiger partial charge in [-0.3, -0.25) is 0 Å². The second-order valence-electron chi connectivity index (χ2n) is 5.25. The van der Waals surface area contributed by atoms with Gasteiger partial charge < -0.3 is 14.8 Å². The predicted octanol–water partition coefficient (Wildman–Crippen LogP) is 3.08. The van der Waals surface area contributed by atoms with Crippen molar-refractivity contribution >= 4 is 5.82 Å². The molecule has 0 atom stereocenters. The minimum atomic E-state index is 0.317. The molecule has 1 aliphatic rings. The second kappa shape index (κ2) is 5.60. The lowest BCUT2D eigenvalue weighted by molar-refractivity contribution is 0.171. The highest BCUT2D eigenvalue weighted by Crippen LogP contribution is 2.37. The summed E-state index contributed by atoms with van der Waals surface area (Å²) in [6.07, 6.45) is 1.59. The number of nitrogens with zero attached hydrogens (tertiary/aromatic N) is 2. The highest BCUT2D eigenvalue weighted by Gasteiger charge is 2.18. The van der Waals surface area contributed by atoms with Crippen LogP contribution in [0.25, 0.3) is 11.3 Å². The van der Waals surface area contributed by atoms with Crippen molar-refractivity contribution in [1.29, 1.82) is 0 Å². The molecule has 2 heterocycles. The van der Waals surface area contributed by atoms with Gasteiger partial charge in [-0.1, -0.05) is 13.8 Å². The number of nitrogens with one attached hydrogen (secondary N) is 1. The Morgan fingerprint density at radius 2 is 1.86 bits per heavy atom. The molecule has 1 aliphatic heterocycles. The average Bonchev–Trinajstić information content (AvgIpc) is 2.53. The number of hydrogen-bond acceptors (Lipinski definition) is 5. The van der Waals surface area contributed by atoms with E-state index in [0.29, 0.717) is 19.1 Å². The van der Waals surface area contributed by atoms with E-state index in [1.165, 1.54) is 0 Å². The maximum atomic E-state index is 5.66. The number of rotatable bonds is 3. The lowest BCUT2D eigenvalue weighted by Crippen LogP contribution is -2.15. The van der Waals surface area contributed by atoms with Crippen molar-refractivity contribution in [3.8, 4) is 22.8 Å². The molecular weight excluding hydrogens is 266 g/mol. The van der Waals surface area contributed by atoms with Gasteiger partial charge in [0.05, 0.1) is 5.69 Å². The van der Waals surface area contributed by atoms with Gasteiger partial charge in [0.1, 0.15) is 25.4 Å². The van der Waals surface area contributed by atoms with Crippen LogP contribution in [0.2, 0.25) is 0 Å². The van der Waals surface area contributed by atoms with Gasteiger partial charge in [0, 0.05) is 18.2 Å². The zero-order chi connectivity index (χ0) is 14.8. The van der Waals surface area contributed by atoms with E-state index in [0.717, 1.165) is 34.1 Å². The van der Waals surface area contributed by atoms with Crippen LogP contribution in [0.5, 0.6) is 11.5 Å². The SMILES string of the molecule is CNc1ncnc(-c2ccc3c(c2)OCCO3)c1C(C)C. The van der Waals surface area contributed by atoms with Crippen LogP contribution in [-0.4, -0.2) is 30.2 Å². The smallest absolute Gasteiger partial charge is 0.162 e. The fourth-order valence-electron chi connectivity index (χ4n) is 2.56. The van der Waals surface area contributed by atoms with Crippen molar-refractivity contribution in [1.82, 2.24) is 9.97 Å². The van der Waals surface area contributed by atoms with E-state index in [1.54, 1.807) is 6.33 Å². The first-order chi connectivity index (χ1) is 10.2. The van der Waals surface area contributed by atoms with Crippen molar-refractivity contribution in [3.05, 3.63) is 30.1 Å². The molecule has 5 nitrogen and oxygen atoms in total. The van der Waals surface area contributed by atoms with Gasteiger partial charge >= 0.3 is 0 Å². The Balaban J connectivity index is 2.12. The maximum Gasteiger partial charge on any atom is 0.162 e. The molecule has 1 N–H and O–H groups in total. The van der Waals surface area contributed by atoms with Crippen LogP contribution in [0, 0.1) is 0 Å². The molecule has 1 aromatic carbocycles. The molecule has 0 spiro atoms. The van der Waals surface area contributed by atoms with E-state index in [1.807, 2.05) is 25.2 Å². The van der Waals surface area contributed by atoms with E-state index < -0.39 is 0 Å². The third-order valence-electron chi connectivity index (χ3n) is 3.51. The molecule has 110 valence electrons. The molecule has 21 heavy (non-hydrogen) atoms. The van der Waals surface area contributed by atoms with E-state index in [2.05, 4.69) is 29.1 Å². The quantitative estimate of drug-likeness (QED) is 0.939. The molecule has 2 aromatic rings. The summed E-state index contributed by atoms with van der Waals surface area (Å²) in [5.41, 5.74) is 3.06. The zero-order valence-corrected chi connectivity index (χ0v) is 12.5. The van der Waals surface area contributed by atoms with Crippen LogP contribution in [0.4, 0.5) is 5.82 Å². The highest BCUT2D eigenvalue weighted by molar-refractivity contribution is 5.71. The molecule has 0 aliphatic carbocycles. The molecule has 0 bridgehead atoms. The average molecular weight is 285 g/mol. The minimum Gasteiger partial charge on any atom is -0.486 e. The van der Waals surface area contributed by atoms with Crippen LogP contribution in [-0.2, 0) is 0 Å². The van der Waals surface area contributed by atoms with Gasteiger partial charge in [-0.25, -0.2) is 9.97 Å². The number of benzene rings is 1. The lowest BCUT2D eigenvalue weighted by Gasteiger charge is -2.20. The Morgan fingerprint density at radius 3 is 2.57 bits per heavy atom. The highest BCUT2D eigenvalue weighted by atomic mass is 16.6. The molecular formula is C16H19N3O2. The van der Waals surface area contributed by atoms with Crippen LogP contribution in [0.3, 0.4) is 0 Å². The fraction of sp³-hybridized carbons (Fsp3) is 0.375. The Hall–Kier alpha value is -2.30. The summed E-state index contributed by atoms with van der Waals surface area (Å²) in [5, 5.41) is 3.14. The van der Waals surface area contributed by atoms with Crippen LogP contribution in [0.1, 0.15) is 25.3 Å². The standard InChI is InChI=1S/C16H19N3O2/c1-10(2)14-15(18-9-19-16(14)17-3)11-4-5-12-13(8-11)21-7-6-20-12/h4-5,8-10H,6-7H2,1-3H3,(H,17,18,19). The molecule has 5 heteroatoms. The number of anilines is 1. The van der Waals surface area contributed by atoms with Gasteiger partial charge in [0.2, 0.25) is 0 Å². The predicted molar refractivity (Wildman–Crippen MR) is 82.1 cm³/mol. The Bertz CT molecular complexity index is 656. The summed E-state index contributed by atoms with van der Waals surface area (Å²) in [7, 11) is 1.88. The van der Waals surface area contributed by atoms with E-state index in [9.17, 15) is 0 Å². The first-order valence-electron chi connectivity index (χ1n) is 7.13. The van der Waals surface area contributed by atoms with E-state index in [4.69, 9.17) is 9.47 Å². The maximum absolute atomic E-state index is 5.66. The second-order valence-corrected chi connectivity index (χ2v) is 5.25. The van der Waals surface area contributed by atoms with Gasteiger partial charge in [-0.15, -0.1) is 0 Å². The number of ether oxygens (including phenoxy) is 2. The summed E-state index contributed by atoms with van der Waals surface area (Å²) in [6, 6.07) is 5.94. The summed E-state index contributed by atoms with van der Waals surface area (Å²) in [5.74, 6) is 2.75. The number of fused-ring (bicyclic) bond motifs is 1. The largest absolute Gasteiger partial charge is 0.486 e. The topological polar surface area (TPSA) is 56.3 Å². The Labute approximate surface area is 124 Å². The summed E-state index contributed by atoms with van der Waals surface area (Å²) < 4.78 is 11.2. The molecule has 3 rings (SSSR count). The van der Waals surface area contributed by atoms with E-state index >= 15 is 0 Å². The van der Waals surface area contributed by atoms with Gasteiger partial charge in [-0.2, -0.15) is 0 Å². The number of aromatic nitrogens is 2. The normalized spacial score (nSPS) is 13.3. The lowest BCUT2D eigenvalue weighted by atomic mass is 9.97. The molecule has 0 saturated heterocycles. The molecule has 0 fully saturated rings. The first-order valence-corrected chi connectivity index (χ1v) is 7.13. The Morgan fingerprint density at radius 1 is 1.10 bits per heavy atom. The third-order valence-corrected chi connectivity index (χ3v) is 3.51. The minimum absolute atomic E-state index is 0.317. The summed E-state index contributed by atoms with van der Waals surface area (Å²) in [6.45, 7) is 5.46. The van der Waals surface area contributed by atoms with Crippen molar-refractivity contribution in [2.45, 2.75) is 19.8 Å². The monoisotopic (exact) mass is 285 g/mol. The number of hydrogen-bond donors (Lipinski definition) is 1. The van der Waals surface area contributed by atoms with Gasteiger partial charge in [0.15, 0.2) is 11.5 Å².